The van der Waals surface area contributed by atoms with E-state index in [0.717, 1.165) is 18.1 Å². The summed E-state index contributed by atoms with van der Waals surface area (Å²) < 4.78 is 2.18. The van der Waals surface area contributed by atoms with Crippen LogP contribution in [0.3, 0.4) is 0 Å². The standard InChI is InChI=1S/C12H17N3/c1-9(2)12-14-10(8-13-3)11-6-4-5-7-15(11)12/h4-7,9,13H,8H2,1-3H3. The predicted octanol–water partition coefficient (Wildman–Crippen LogP) is 2.18. The van der Waals surface area contributed by atoms with Gasteiger partial charge in [0.25, 0.3) is 0 Å². The van der Waals surface area contributed by atoms with E-state index >= 15 is 0 Å². The van der Waals surface area contributed by atoms with Crippen LogP contribution in [0.2, 0.25) is 0 Å². The molecular formula is C12H17N3. The van der Waals surface area contributed by atoms with Crippen LogP contribution in [0.25, 0.3) is 5.52 Å². The molecule has 0 saturated carbocycles. The van der Waals surface area contributed by atoms with Gasteiger partial charge in [-0.1, -0.05) is 19.9 Å². The quantitative estimate of drug-likeness (QED) is 0.828. The third kappa shape index (κ3) is 1.75. The summed E-state index contributed by atoms with van der Waals surface area (Å²) in [4.78, 5) is 4.68. The Morgan fingerprint density at radius 3 is 2.87 bits per heavy atom. The molecule has 0 aromatic carbocycles. The van der Waals surface area contributed by atoms with Crippen LogP contribution < -0.4 is 5.32 Å². The molecule has 1 N–H and O–H groups in total. The van der Waals surface area contributed by atoms with Crippen LogP contribution in [-0.4, -0.2) is 16.4 Å². The van der Waals surface area contributed by atoms with Crippen LogP contribution in [0.4, 0.5) is 0 Å². The average Bonchev–Trinajstić information content (AvgIpc) is 2.59. The Bertz CT molecular complexity index is 457. The Kier molecular flexibility index (Phi) is 2.73. The molecule has 80 valence electrons. The van der Waals surface area contributed by atoms with Gasteiger partial charge in [0.1, 0.15) is 5.82 Å². The molecule has 0 radical (unpaired) electrons. The molecule has 0 aliphatic rings. The molecule has 0 spiro atoms. The van der Waals surface area contributed by atoms with Gasteiger partial charge in [0.15, 0.2) is 0 Å². The summed E-state index contributed by atoms with van der Waals surface area (Å²) in [5, 5.41) is 3.15. The van der Waals surface area contributed by atoms with Gasteiger partial charge in [0.2, 0.25) is 0 Å². The topological polar surface area (TPSA) is 29.3 Å². The average molecular weight is 203 g/mol. The maximum absolute atomic E-state index is 4.68. The van der Waals surface area contributed by atoms with Crippen LogP contribution in [-0.2, 0) is 6.54 Å². The molecule has 0 fully saturated rings. The molecule has 3 nitrogen and oxygen atoms in total. The van der Waals surface area contributed by atoms with Gasteiger partial charge in [-0.15, -0.1) is 0 Å². The molecule has 0 bridgehead atoms. The Balaban J connectivity index is 2.62. The first-order valence-corrected chi connectivity index (χ1v) is 5.34. The van der Waals surface area contributed by atoms with Crippen molar-refractivity contribution in [3.8, 4) is 0 Å². The second-order valence-corrected chi connectivity index (χ2v) is 4.06. The van der Waals surface area contributed by atoms with Crippen molar-refractivity contribution in [3.63, 3.8) is 0 Å². The fourth-order valence-corrected chi connectivity index (χ4v) is 1.83. The maximum Gasteiger partial charge on any atom is 0.116 e. The van der Waals surface area contributed by atoms with E-state index in [0.29, 0.717) is 5.92 Å². The Morgan fingerprint density at radius 2 is 2.20 bits per heavy atom. The zero-order chi connectivity index (χ0) is 10.8. The minimum absolute atomic E-state index is 0.450. The van der Waals surface area contributed by atoms with Crippen LogP contribution in [0.1, 0.15) is 31.3 Å². The highest BCUT2D eigenvalue weighted by molar-refractivity contribution is 5.53. The zero-order valence-electron chi connectivity index (χ0n) is 9.49. The molecule has 2 rings (SSSR count). The van der Waals surface area contributed by atoms with E-state index in [-0.39, 0.29) is 0 Å². The number of nitrogens with one attached hydrogen (secondary N) is 1. The zero-order valence-corrected chi connectivity index (χ0v) is 9.49. The summed E-state index contributed by atoms with van der Waals surface area (Å²) in [5.41, 5.74) is 2.33. The molecule has 2 aromatic heterocycles. The lowest BCUT2D eigenvalue weighted by Gasteiger charge is -2.02. The fraction of sp³-hybridized carbons (Fsp3) is 0.417. The first-order valence-electron chi connectivity index (χ1n) is 5.34. The fourth-order valence-electron chi connectivity index (χ4n) is 1.83. The summed E-state index contributed by atoms with van der Waals surface area (Å²) in [6, 6.07) is 6.22. The molecule has 0 aliphatic heterocycles. The van der Waals surface area contributed by atoms with Crippen molar-refractivity contribution >= 4 is 5.52 Å². The molecule has 2 aromatic rings. The van der Waals surface area contributed by atoms with E-state index in [1.807, 2.05) is 13.1 Å². The number of hydrogen-bond acceptors (Lipinski definition) is 2. The highest BCUT2D eigenvalue weighted by Crippen LogP contribution is 2.18. The third-order valence-corrected chi connectivity index (χ3v) is 2.51. The van der Waals surface area contributed by atoms with Gasteiger partial charge in [0.05, 0.1) is 11.2 Å². The number of rotatable bonds is 3. The highest BCUT2D eigenvalue weighted by atomic mass is 15.0. The first-order chi connectivity index (χ1) is 7.24. The smallest absolute Gasteiger partial charge is 0.116 e. The predicted molar refractivity (Wildman–Crippen MR) is 62.0 cm³/mol. The van der Waals surface area contributed by atoms with Crippen molar-refractivity contribution in [1.29, 1.82) is 0 Å². The lowest BCUT2D eigenvalue weighted by Crippen LogP contribution is -2.05. The molecule has 0 aliphatic carbocycles. The molecule has 0 amide bonds. The lowest BCUT2D eigenvalue weighted by atomic mass is 10.2. The van der Waals surface area contributed by atoms with Gasteiger partial charge in [-0.2, -0.15) is 0 Å². The molecular weight excluding hydrogens is 186 g/mol. The van der Waals surface area contributed by atoms with Crippen molar-refractivity contribution in [2.75, 3.05) is 7.05 Å². The normalized spacial score (nSPS) is 11.5. The number of imidazole rings is 1. The van der Waals surface area contributed by atoms with Gasteiger partial charge in [-0.25, -0.2) is 4.98 Å². The van der Waals surface area contributed by atoms with Crippen LogP contribution in [0.5, 0.6) is 0 Å². The van der Waals surface area contributed by atoms with Gasteiger partial charge >= 0.3 is 0 Å². The summed E-state index contributed by atoms with van der Waals surface area (Å²) in [7, 11) is 1.95. The number of nitrogens with zero attached hydrogens (tertiary/aromatic N) is 2. The summed E-state index contributed by atoms with van der Waals surface area (Å²) in [6.45, 7) is 5.16. The third-order valence-electron chi connectivity index (χ3n) is 2.51. The molecule has 0 unspecified atom stereocenters. The van der Waals surface area contributed by atoms with E-state index < -0.39 is 0 Å². The Hall–Kier alpha value is -1.35. The van der Waals surface area contributed by atoms with Crippen LogP contribution in [0.15, 0.2) is 24.4 Å². The molecule has 15 heavy (non-hydrogen) atoms. The van der Waals surface area contributed by atoms with Gasteiger partial charge in [-0.05, 0) is 19.2 Å². The minimum Gasteiger partial charge on any atom is -0.314 e. The van der Waals surface area contributed by atoms with Crippen molar-refractivity contribution in [1.82, 2.24) is 14.7 Å². The van der Waals surface area contributed by atoms with E-state index in [9.17, 15) is 0 Å². The number of hydrogen-bond donors (Lipinski definition) is 1. The van der Waals surface area contributed by atoms with Crippen molar-refractivity contribution < 1.29 is 0 Å². The van der Waals surface area contributed by atoms with Crippen molar-refractivity contribution in [3.05, 3.63) is 35.9 Å². The second kappa shape index (κ2) is 4.03. The summed E-state index contributed by atoms with van der Waals surface area (Å²) in [5.74, 6) is 1.58. The van der Waals surface area contributed by atoms with E-state index in [2.05, 4.69) is 46.9 Å². The Labute approximate surface area is 90.1 Å². The SMILES string of the molecule is CNCc1nc(C(C)C)n2ccccc12. The minimum atomic E-state index is 0.450. The molecule has 3 heteroatoms. The highest BCUT2D eigenvalue weighted by Gasteiger charge is 2.11. The molecule has 0 atom stereocenters. The summed E-state index contributed by atoms with van der Waals surface area (Å²) >= 11 is 0. The largest absolute Gasteiger partial charge is 0.314 e. The van der Waals surface area contributed by atoms with E-state index in [1.165, 1.54) is 5.52 Å². The van der Waals surface area contributed by atoms with Gasteiger partial charge in [0, 0.05) is 18.7 Å². The maximum atomic E-state index is 4.68. The van der Waals surface area contributed by atoms with Crippen LogP contribution in [0, 0.1) is 0 Å². The van der Waals surface area contributed by atoms with Gasteiger partial charge in [-0.3, -0.25) is 0 Å². The Morgan fingerprint density at radius 1 is 1.40 bits per heavy atom. The van der Waals surface area contributed by atoms with E-state index in [1.54, 1.807) is 0 Å². The monoisotopic (exact) mass is 203 g/mol. The van der Waals surface area contributed by atoms with Gasteiger partial charge < -0.3 is 9.72 Å². The second-order valence-electron chi connectivity index (χ2n) is 4.06. The van der Waals surface area contributed by atoms with E-state index in [4.69, 9.17) is 0 Å². The van der Waals surface area contributed by atoms with Crippen molar-refractivity contribution in [2.24, 2.45) is 0 Å². The number of pyridine rings is 1. The molecule has 2 heterocycles. The number of aromatic nitrogens is 2. The van der Waals surface area contributed by atoms with Crippen LogP contribution >= 0.6 is 0 Å². The van der Waals surface area contributed by atoms with Crippen molar-refractivity contribution in [2.45, 2.75) is 26.3 Å². The molecule has 0 saturated heterocycles. The lowest BCUT2D eigenvalue weighted by molar-refractivity contribution is 0.751. The number of fused-ring (bicyclic) bond motifs is 1. The first kappa shape index (κ1) is 10.2. The summed E-state index contributed by atoms with van der Waals surface area (Å²) in [6.07, 6.45) is 2.08.